The largest absolute Gasteiger partial charge is 0.371 e. The molecule has 25 heavy (non-hydrogen) atoms. The lowest BCUT2D eigenvalue weighted by Crippen LogP contribution is -2.35. The third-order valence-electron chi connectivity index (χ3n) is 4.83. The number of hydrogen-bond donors (Lipinski definition) is 1. The molecule has 1 heterocycles. The zero-order chi connectivity index (χ0) is 17.0. The van der Waals surface area contributed by atoms with Crippen LogP contribution in [0.2, 0.25) is 0 Å². The molecular weight excluding hydrogens is 357 g/mol. The van der Waals surface area contributed by atoms with Crippen LogP contribution < -0.4 is 10.6 Å². The van der Waals surface area contributed by atoms with Gasteiger partial charge in [-0.1, -0.05) is 25.5 Å². The van der Waals surface area contributed by atoms with Crippen molar-refractivity contribution in [3.05, 3.63) is 29.3 Å². The van der Waals surface area contributed by atoms with Gasteiger partial charge < -0.3 is 15.5 Å². The van der Waals surface area contributed by atoms with Crippen LogP contribution in [0.15, 0.2) is 18.2 Å². The van der Waals surface area contributed by atoms with E-state index in [-0.39, 0.29) is 36.8 Å². The zero-order valence-electron chi connectivity index (χ0n) is 15.8. The van der Waals surface area contributed by atoms with Crippen molar-refractivity contribution in [2.75, 3.05) is 31.6 Å². The van der Waals surface area contributed by atoms with Gasteiger partial charge in [0.2, 0.25) is 0 Å². The van der Waals surface area contributed by atoms with Crippen LogP contribution in [0.3, 0.4) is 0 Å². The van der Waals surface area contributed by atoms with Crippen LogP contribution in [-0.4, -0.2) is 43.5 Å². The fraction of sp³-hybridized carbons (Fsp3) is 0.632. The van der Waals surface area contributed by atoms with Crippen LogP contribution in [0.25, 0.3) is 0 Å². The summed E-state index contributed by atoms with van der Waals surface area (Å²) in [6.45, 7) is 9.08. The van der Waals surface area contributed by atoms with Crippen molar-refractivity contribution < 1.29 is 4.79 Å². The first-order valence-electron chi connectivity index (χ1n) is 8.76. The molecule has 0 radical (unpaired) electrons. The summed E-state index contributed by atoms with van der Waals surface area (Å²) in [5, 5.41) is 0. The molecule has 2 rings (SSSR count). The Morgan fingerprint density at radius 1 is 1.24 bits per heavy atom. The van der Waals surface area contributed by atoms with E-state index in [9.17, 15) is 4.79 Å². The van der Waals surface area contributed by atoms with Gasteiger partial charge in [0.1, 0.15) is 0 Å². The molecule has 2 N–H and O–H groups in total. The van der Waals surface area contributed by atoms with Crippen LogP contribution >= 0.6 is 24.8 Å². The van der Waals surface area contributed by atoms with E-state index in [0.717, 1.165) is 36.3 Å². The molecule has 6 heteroatoms. The van der Waals surface area contributed by atoms with E-state index < -0.39 is 0 Å². The Morgan fingerprint density at radius 3 is 2.40 bits per heavy atom. The molecule has 0 spiro atoms. The number of carbonyl (C=O) groups is 1. The van der Waals surface area contributed by atoms with Gasteiger partial charge in [0.25, 0.3) is 5.91 Å². The van der Waals surface area contributed by atoms with Crippen LogP contribution in [0.5, 0.6) is 0 Å². The molecule has 1 amide bonds. The van der Waals surface area contributed by atoms with Gasteiger partial charge in [-0.05, 0) is 44.2 Å². The first-order valence-corrected chi connectivity index (χ1v) is 8.76. The maximum atomic E-state index is 12.9. The lowest BCUT2D eigenvalue weighted by molar-refractivity contribution is 0.0789. The summed E-state index contributed by atoms with van der Waals surface area (Å²) in [5.41, 5.74) is 9.15. The van der Waals surface area contributed by atoms with Crippen LogP contribution in [0, 0.1) is 12.8 Å². The fourth-order valence-electron chi connectivity index (χ4n) is 3.04. The van der Waals surface area contributed by atoms with Crippen molar-refractivity contribution in [1.29, 1.82) is 0 Å². The highest BCUT2D eigenvalue weighted by molar-refractivity contribution is 6.00. The van der Waals surface area contributed by atoms with Crippen LogP contribution in [0.1, 0.15) is 49.0 Å². The highest BCUT2D eigenvalue weighted by Gasteiger charge is 2.22. The summed E-state index contributed by atoms with van der Waals surface area (Å²) < 4.78 is 0. The van der Waals surface area contributed by atoms with E-state index in [0.29, 0.717) is 12.5 Å². The number of hydrogen-bond acceptors (Lipinski definition) is 3. The topological polar surface area (TPSA) is 49.6 Å². The maximum absolute atomic E-state index is 12.9. The molecule has 144 valence electrons. The average molecular weight is 390 g/mol. The SMILES string of the molecule is Cc1ccc(N2CCCC2)c(C(=O)N(C)CCC(N)C(C)C)c1.Cl.Cl. The van der Waals surface area contributed by atoms with Gasteiger partial charge in [0.15, 0.2) is 0 Å². The lowest BCUT2D eigenvalue weighted by Gasteiger charge is -2.25. The van der Waals surface area contributed by atoms with Gasteiger partial charge in [-0.3, -0.25) is 4.79 Å². The van der Waals surface area contributed by atoms with Gasteiger partial charge in [0.05, 0.1) is 5.56 Å². The van der Waals surface area contributed by atoms with Gasteiger partial charge in [-0.25, -0.2) is 0 Å². The highest BCUT2D eigenvalue weighted by atomic mass is 35.5. The Hall–Kier alpha value is -0.970. The van der Waals surface area contributed by atoms with Crippen molar-refractivity contribution >= 4 is 36.4 Å². The standard InChI is InChI=1S/C19H31N3O.2ClH/c1-14(2)17(20)9-12-21(4)19(23)16-13-15(3)7-8-18(16)22-10-5-6-11-22;;/h7-8,13-14,17H,5-6,9-12,20H2,1-4H3;2*1H. The number of nitrogens with zero attached hydrogens (tertiary/aromatic N) is 2. The maximum Gasteiger partial charge on any atom is 0.255 e. The normalized spacial score (nSPS) is 14.7. The van der Waals surface area contributed by atoms with Gasteiger partial charge >= 0.3 is 0 Å². The second-order valence-corrected chi connectivity index (χ2v) is 7.14. The first kappa shape index (κ1) is 24.0. The first-order chi connectivity index (χ1) is 10.9. The van der Waals surface area contributed by atoms with Crippen molar-refractivity contribution in [1.82, 2.24) is 4.90 Å². The summed E-state index contributed by atoms with van der Waals surface area (Å²) in [5.74, 6) is 0.546. The fourth-order valence-corrected chi connectivity index (χ4v) is 3.04. The molecule has 1 aromatic carbocycles. The third kappa shape index (κ3) is 6.36. The summed E-state index contributed by atoms with van der Waals surface area (Å²) in [6, 6.07) is 6.36. The molecule has 1 aliphatic heterocycles. The van der Waals surface area contributed by atoms with Gasteiger partial charge in [-0.2, -0.15) is 0 Å². The minimum absolute atomic E-state index is 0. The molecule has 1 fully saturated rings. The molecule has 0 saturated carbocycles. The zero-order valence-corrected chi connectivity index (χ0v) is 17.5. The summed E-state index contributed by atoms with van der Waals surface area (Å²) in [4.78, 5) is 17.1. The smallest absolute Gasteiger partial charge is 0.255 e. The van der Waals surface area contributed by atoms with E-state index >= 15 is 0 Å². The van der Waals surface area contributed by atoms with E-state index in [1.165, 1.54) is 12.8 Å². The second-order valence-electron chi connectivity index (χ2n) is 7.14. The Kier molecular flexibility index (Phi) is 10.5. The second kappa shape index (κ2) is 10.9. The number of carbonyl (C=O) groups excluding carboxylic acids is 1. The number of amides is 1. The van der Waals surface area contributed by atoms with Crippen molar-refractivity contribution in [2.45, 2.75) is 46.1 Å². The number of rotatable bonds is 6. The van der Waals surface area contributed by atoms with E-state index in [1.54, 1.807) is 0 Å². The summed E-state index contributed by atoms with van der Waals surface area (Å²) in [7, 11) is 1.88. The summed E-state index contributed by atoms with van der Waals surface area (Å²) >= 11 is 0. The molecule has 0 bridgehead atoms. The summed E-state index contributed by atoms with van der Waals surface area (Å²) in [6.07, 6.45) is 3.26. The number of benzene rings is 1. The molecule has 1 aliphatic rings. The van der Waals surface area contributed by atoms with E-state index in [2.05, 4.69) is 30.9 Å². The number of halogens is 2. The number of anilines is 1. The van der Waals surface area contributed by atoms with Gasteiger partial charge in [0, 0.05) is 38.4 Å². The van der Waals surface area contributed by atoms with Crippen molar-refractivity contribution in [3.63, 3.8) is 0 Å². The quantitative estimate of drug-likeness (QED) is 0.802. The Balaban J connectivity index is 0.00000288. The molecule has 0 aliphatic carbocycles. The molecular formula is C19H33Cl2N3O. The Morgan fingerprint density at radius 2 is 1.84 bits per heavy atom. The Bertz CT molecular complexity index is 545. The van der Waals surface area contributed by atoms with E-state index in [4.69, 9.17) is 5.73 Å². The minimum atomic E-state index is 0. The third-order valence-corrected chi connectivity index (χ3v) is 4.83. The minimum Gasteiger partial charge on any atom is -0.371 e. The van der Waals surface area contributed by atoms with Gasteiger partial charge in [-0.15, -0.1) is 24.8 Å². The number of nitrogens with two attached hydrogens (primary N) is 1. The van der Waals surface area contributed by atoms with Crippen LogP contribution in [-0.2, 0) is 0 Å². The van der Waals surface area contributed by atoms with E-state index in [1.807, 2.05) is 24.9 Å². The predicted octanol–water partition coefficient (Wildman–Crippen LogP) is 3.88. The molecule has 4 nitrogen and oxygen atoms in total. The number of aryl methyl sites for hydroxylation is 1. The molecule has 1 saturated heterocycles. The molecule has 0 aromatic heterocycles. The predicted molar refractivity (Wildman–Crippen MR) is 112 cm³/mol. The lowest BCUT2D eigenvalue weighted by atomic mass is 10.0. The molecule has 1 unspecified atom stereocenters. The van der Waals surface area contributed by atoms with Crippen molar-refractivity contribution in [3.8, 4) is 0 Å². The molecule has 1 aromatic rings. The monoisotopic (exact) mass is 389 g/mol. The average Bonchev–Trinajstić information content (AvgIpc) is 3.05. The van der Waals surface area contributed by atoms with Crippen molar-refractivity contribution in [2.24, 2.45) is 11.7 Å². The highest BCUT2D eigenvalue weighted by Crippen LogP contribution is 2.26. The molecule has 1 atom stereocenters. The Labute approximate surface area is 164 Å². The van der Waals surface area contributed by atoms with Crippen LogP contribution in [0.4, 0.5) is 5.69 Å².